The lowest BCUT2D eigenvalue weighted by atomic mass is 10.2. The Bertz CT molecular complexity index is 277. The van der Waals surface area contributed by atoms with E-state index in [0.717, 1.165) is 25.9 Å². The van der Waals surface area contributed by atoms with Gasteiger partial charge in [0.05, 0.1) is 0 Å². The fraction of sp³-hybridized carbons (Fsp3) is 0.818. The summed E-state index contributed by atoms with van der Waals surface area (Å²) in [5, 5.41) is 10.8. The summed E-state index contributed by atoms with van der Waals surface area (Å²) in [6.07, 6.45) is 3.73. The molecule has 2 amide bonds. The van der Waals surface area contributed by atoms with Gasteiger partial charge in [-0.05, 0) is 19.3 Å². The molecule has 0 aromatic heterocycles. The second kappa shape index (κ2) is 6.44. The lowest BCUT2D eigenvalue weighted by molar-refractivity contribution is -0.142. The fourth-order valence-electron chi connectivity index (χ4n) is 1.98. The summed E-state index contributed by atoms with van der Waals surface area (Å²) in [6, 6.07) is -1.11. The second-order valence-corrected chi connectivity index (χ2v) is 4.34. The lowest BCUT2D eigenvalue weighted by Gasteiger charge is -2.31. The molecule has 0 saturated carbocycles. The number of hydrogen-bond acceptors (Lipinski definition) is 3. The Morgan fingerprint density at radius 2 is 1.94 bits per heavy atom. The number of hydrazine groups is 1. The van der Waals surface area contributed by atoms with Gasteiger partial charge in [0.15, 0.2) is 0 Å². The molecule has 0 bridgehead atoms. The number of nitrogens with one attached hydrogen (secondary N) is 1. The smallest absolute Gasteiger partial charge is 0.332 e. The van der Waals surface area contributed by atoms with E-state index in [4.69, 9.17) is 5.11 Å². The van der Waals surface area contributed by atoms with E-state index in [1.807, 2.05) is 5.01 Å². The van der Waals surface area contributed by atoms with E-state index in [9.17, 15) is 9.59 Å². The fourth-order valence-corrected chi connectivity index (χ4v) is 1.98. The van der Waals surface area contributed by atoms with E-state index >= 15 is 0 Å². The maximum atomic E-state index is 11.8. The summed E-state index contributed by atoms with van der Waals surface area (Å²) in [7, 11) is 1.52. The number of rotatable bonds is 4. The van der Waals surface area contributed by atoms with Crippen LogP contribution in [0.4, 0.5) is 4.79 Å². The molecule has 1 fully saturated rings. The number of aliphatic carboxylic acids is 1. The Morgan fingerprint density at radius 1 is 1.35 bits per heavy atom. The molecule has 1 aliphatic heterocycles. The number of hydrogen-bond donors (Lipinski definition) is 2. The van der Waals surface area contributed by atoms with Gasteiger partial charge in [-0.1, -0.05) is 13.3 Å². The highest BCUT2D eigenvalue weighted by atomic mass is 16.4. The second-order valence-electron chi connectivity index (χ2n) is 4.34. The SMILES string of the molecule is CCC(C(=O)O)N(C)C(=O)NN1CCCCC1. The Balaban J connectivity index is 2.47. The number of carboxylic acids is 1. The van der Waals surface area contributed by atoms with Crippen LogP contribution in [0.3, 0.4) is 0 Å². The normalized spacial score (nSPS) is 18.5. The molecule has 6 nitrogen and oxygen atoms in total. The van der Waals surface area contributed by atoms with Gasteiger partial charge in [0, 0.05) is 20.1 Å². The predicted molar refractivity (Wildman–Crippen MR) is 63.4 cm³/mol. The first-order valence-electron chi connectivity index (χ1n) is 6.07. The number of carbonyl (C=O) groups is 2. The van der Waals surface area contributed by atoms with Crippen molar-refractivity contribution in [2.75, 3.05) is 20.1 Å². The van der Waals surface area contributed by atoms with E-state index in [1.165, 1.54) is 18.4 Å². The van der Waals surface area contributed by atoms with E-state index in [-0.39, 0.29) is 6.03 Å². The van der Waals surface area contributed by atoms with Crippen molar-refractivity contribution in [3.63, 3.8) is 0 Å². The van der Waals surface area contributed by atoms with Crippen LogP contribution in [0.15, 0.2) is 0 Å². The van der Waals surface area contributed by atoms with Crippen LogP contribution in [0.5, 0.6) is 0 Å². The number of carboxylic acid groups (broad SMARTS) is 1. The van der Waals surface area contributed by atoms with Gasteiger partial charge in [0.1, 0.15) is 6.04 Å². The molecule has 6 heteroatoms. The molecule has 0 aromatic carbocycles. The third-order valence-electron chi connectivity index (χ3n) is 3.07. The Kier molecular flexibility index (Phi) is 5.21. The summed E-state index contributed by atoms with van der Waals surface area (Å²) in [6.45, 7) is 3.43. The van der Waals surface area contributed by atoms with Crippen LogP contribution >= 0.6 is 0 Å². The minimum atomic E-state index is -0.969. The first-order chi connectivity index (χ1) is 8.06. The number of nitrogens with zero attached hydrogens (tertiary/aromatic N) is 2. The van der Waals surface area contributed by atoms with Gasteiger partial charge >= 0.3 is 12.0 Å². The molecule has 1 rings (SSSR count). The Labute approximate surface area is 102 Å². The highest BCUT2D eigenvalue weighted by Crippen LogP contribution is 2.07. The van der Waals surface area contributed by atoms with Crippen LogP contribution in [0, 0.1) is 0 Å². The number of piperidine rings is 1. The zero-order valence-corrected chi connectivity index (χ0v) is 10.5. The average Bonchev–Trinajstić information content (AvgIpc) is 2.30. The first kappa shape index (κ1) is 13.8. The molecular weight excluding hydrogens is 222 g/mol. The maximum absolute atomic E-state index is 11.8. The molecule has 2 N–H and O–H groups in total. The molecule has 0 aliphatic carbocycles. The van der Waals surface area contributed by atoms with Gasteiger partial charge in [-0.15, -0.1) is 0 Å². The van der Waals surface area contributed by atoms with Crippen molar-refractivity contribution in [2.24, 2.45) is 0 Å². The van der Waals surface area contributed by atoms with Crippen LogP contribution in [-0.4, -0.2) is 53.2 Å². The predicted octanol–water partition coefficient (Wildman–Crippen LogP) is 0.892. The van der Waals surface area contributed by atoms with Crippen LogP contribution in [0.25, 0.3) is 0 Å². The van der Waals surface area contributed by atoms with Gasteiger partial charge in [-0.3, -0.25) is 5.43 Å². The number of urea groups is 1. The van der Waals surface area contributed by atoms with Crippen molar-refractivity contribution >= 4 is 12.0 Å². The molecule has 0 spiro atoms. The van der Waals surface area contributed by atoms with Crippen LogP contribution < -0.4 is 5.43 Å². The maximum Gasteiger partial charge on any atom is 0.332 e. The quantitative estimate of drug-likeness (QED) is 0.769. The van der Waals surface area contributed by atoms with Crippen LogP contribution in [0.2, 0.25) is 0 Å². The van der Waals surface area contributed by atoms with Crippen LogP contribution in [0.1, 0.15) is 32.6 Å². The lowest BCUT2D eigenvalue weighted by Crippen LogP contribution is -2.53. The van der Waals surface area contributed by atoms with E-state index in [1.54, 1.807) is 6.92 Å². The van der Waals surface area contributed by atoms with Crippen LogP contribution in [-0.2, 0) is 4.79 Å². The summed E-state index contributed by atoms with van der Waals surface area (Å²) in [5.74, 6) is -0.969. The summed E-state index contributed by atoms with van der Waals surface area (Å²) >= 11 is 0. The van der Waals surface area contributed by atoms with Crippen molar-refractivity contribution in [3.05, 3.63) is 0 Å². The number of likely N-dealkylation sites (N-methyl/N-ethyl adjacent to an activating group) is 1. The molecule has 17 heavy (non-hydrogen) atoms. The van der Waals surface area contributed by atoms with Gasteiger partial charge in [-0.25, -0.2) is 14.6 Å². The van der Waals surface area contributed by atoms with Crippen molar-refractivity contribution in [1.29, 1.82) is 0 Å². The molecule has 0 radical (unpaired) electrons. The molecule has 98 valence electrons. The summed E-state index contributed by atoms with van der Waals surface area (Å²) in [4.78, 5) is 24.0. The molecule has 1 saturated heterocycles. The molecule has 1 aliphatic rings. The monoisotopic (exact) mass is 243 g/mol. The van der Waals surface area contributed by atoms with Crippen molar-refractivity contribution < 1.29 is 14.7 Å². The van der Waals surface area contributed by atoms with E-state index < -0.39 is 12.0 Å². The zero-order chi connectivity index (χ0) is 12.8. The summed E-state index contributed by atoms with van der Waals surface area (Å²) < 4.78 is 0. The van der Waals surface area contributed by atoms with Crippen molar-refractivity contribution in [3.8, 4) is 0 Å². The first-order valence-corrected chi connectivity index (χ1v) is 6.07. The molecule has 1 unspecified atom stereocenters. The third kappa shape index (κ3) is 3.89. The Hall–Kier alpha value is -1.30. The molecule has 1 heterocycles. The topological polar surface area (TPSA) is 72.9 Å². The Morgan fingerprint density at radius 3 is 2.41 bits per heavy atom. The molecule has 0 aromatic rings. The minimum Gasteiger partial charge on any atom is -0.480 e. The molecular formula is C11H21N3O3. The van der Waals surface area contributed by atoms with Gasteiger partial charge in [0.25, 0.3) is 0 Å². The number of carbonyl (C=O) groups excluding carboxylic acids is 1. The summed E-state index contributed by atoms with van der Waals surface area (Å²) in [5.41, 5.74) is 2.75. The largest absolute Gasteiger partial charge is 0.480 e. The highest BCUT2D eigenvalue weighted by molar-refractivity contribution is 5.82. The molecule has 1 atom stereocenters. The third-order valence-corrected chi connectivity index (χ3v) is 3.07. The number of amides is 2. The van der Waals surface area contributed by atoms with E-state index in [2.05, 4.69) is 5.43 Å². The van der Waals surface area contributed by atoms with Gasteiger partial charge < -0.3 is 10.0 Å². The van der Waals surface area contributed by atoms with Gasteiger partial charge in [0.2, 0.25) is 0 Å². The zero-order valence-electron chi connectivity index (χ0n) is 10.5. The highest BCUT2D eigenvalue weighted by Gasteiger charge is 2.25. The standard InChI is InChI=1S/C11H21N3O3/c1-3-9(10(15)16)13(2)11(17)12-14-7-5-4-6-8-14/h9H,3-8H2,1-2H3,(H,12,17)(H,15,16). The van der Waals surface area contributed by atoms with Crippen molar-refractivity contribution in [1.82, 2.24) is 15.3 Å². The van der Waals surface area contributed by atoms with Crippen molar-refractivity contribution in [2.45, 2.75) is 38.6 Å². The average molecular weight is 243 g/mol. The van der Waals surface area contributed by atoms with E-state index in [0.29, 0.717) is 6.42 Å². The van der Waals surface area contributed by atoms with Gasteiger partial charge in [-0.2, -0.15) is 0 Å². The minimum absolute atomic E-state index is 0.346.